The highest BCUT2D eigenvalue weighted by Gasteiger charge is 2.52. The van der Waals surface area contributed by atoms with Crippen LogP contribution in [-0.2, 0) is 33.3 Å². The second-order valence-corrected chi connectivity index (χ2v) is 5.97. The number of carbonyl (C=O) groups is 4. The van der Waals surface area contributed by atoms with Crippen LogP contribution in [0.4, 0.5) is 9.59 Å². The van der Waals surface area contributed by atoms with Gasteiger partial charge in [0.2, 0.25) is 0 Å². The van der Waals surface area contributed by atoms with E-state index in [0.29, 0.717) is 24.2 Å². The molecule has 2 rings (SSSR count). The lowest BCUT2D eigenvalue weighted by molar-refractivity contribution is -0.139. The summed E-state index contributed by atoms with van der Waals surface area (Å²) < 4.78 is 25.6. The fourth-order valence-corrected chi connectivity index (χ4v) is 3.07. The lowest BCUT2D eigenvalue weighted by Gasteiger charge is -2.20. The van der Waals surface area contributed by atoms with Crippen molar-refractivity contribution in [3.63, 3.8) is 0 Å². The van der Waals surface area contributed by atoms with Gasteiger partial charge in [-0.25, -0.2) is 19.2 Å². The van der Waals surface area contributed by atoms with Gasteiger partial charge >= 0.3 is 24.1 Å². The molecule has 0 saturated heterocycles. The summed E-state index contributed by atoms with van der Waals surface area (Å²) in [4.78, 5) is 47.9. The molecular formula is C18H24N2O9. The third-order valence-corrected chi connectivity index (χ3v) is 4.30. The number of rotatable bonds is 8. The van der Waals surface area contributed by atoms with Gasteiger partial charge in [0.15, 0.2) is 0 Å². The lowest BCUT2D eigenvalue weighted by atomic mass is 9.86. The van der Waals surface area contributed by atoms with E-state index in [2.05, 4.69) is 10.6 Å². The van der Waals surface area contributed by atoms with Gasteiger partial charge in [-0.2, -0.15) is 0 Å². The number of methoxy groups -OCH3 is 2. The van der Waals surface area contributed by atoms with Gasteiger partial charge in [-0.15, -0.1) is 0 Å². The highest BCUT2D eigenvalue weighted by atomic mass is 16.6. The highest BCUT2D eigenvalue weighted by Crippen LogP contribution is 2.44. The summed E-state index contributed by atoms with van der Waals surface area (Å²) in [7, 11) is 2.34. The Morgan fingerprint density at radius 3 is 1.48 bits per heavy atom. The van der Waals surface area contributed by atoms with Crippen LogP contribution >= 0.6 is 0 Å². The molecule has 0 aromatic rings. The minimum absolute atomic E-state index is 0.0272. The summed E-state index contributed by atoms with van der Waals surface area (Å²) in [5, 5.41) is 4.96. The zero-order chi connectivity index (χ0) is 21.6. The number of hydrogen-bond donors (Lipinski definition) is 2. The van der Waals surface area contributed by atoms with Crippen molar-refractivity contribution in [2.24, 2.45) is 0 Å². The third kappa shape index (κ3) is 4.67. The number of alkyl carbamates (subject to hydrolysis) is 2. The monoisotopic (exact) mass is 412 g/mol. The third-order valence-electron chi connectivity index (χ3n) is 4.30. The molecule has 11 heteroatoms. The summed E-state index contributed by atoms with van der Waals surface area (Å²) >= 11 is 0. The Hall–Kier alpha value is -3.08. The van der Waals surface area contributed by atoms with Crippen LogP contribution in [0, 0.1) is 0 Å². The van der Waals surface area contributed by atoms with E-state index in [9.17, 15) is 19.2 Å². The molecule has 2 aliphatic rings. The van der Waals surface area contributed by atoms with Gasteiger partial charge in [-0.1, -0.05) is 0 Å². The second kappa shape index (κ2) is 9.92. The van der Waals surface area contributed by atoms with Crippen molar-refractivity contribution in [1.29, 1.82) is 0 Å². The van der Waals surface area contributed by atoms with E-state index in [1.807, 2.05) is 0 Å². The standard InChI is InChI=1S/C18H24N2O9/c1-5-19-17(23)27-7-9-10(8-28-18(24)20-6-2)14-12(16(22)26-4)11(13(9)29-14)15(21)25-3/h13-14H,5-8H2,1-4H3,(H,19,23)(H,20,24). The van der Waals surface area contributed by atoms with Gasteiger partial charge < -0.3 is 34.3 Å². The molecule has 2 amide bonds. The normalized spacial score (nSPS) is 19.7. The maximum Gasteiger partial charge on any atom is 0.407 e. The van der Waals surface area contributed by atoms with Gasteiger partial charge in [-0.05, 0) is 13.8 Å². The van der Waals surface area contributed by atoms with E-state index in [4.69, 9.17) is 23.7 Å². The Labute approximate surface area is 167 Å². The van der Waals surface area contributed by atoms with Crippen molar-refractivity contribution in [1.82, 2.24) is 10.6 Å². The number of hydrogen-bond acceptors (Lipinski definition) is 9. The molecule has 0 saturated carbocycles. The number of esters is 2. The van der Waals surface area contributed by atoms with Crippen LogP contribution in [-0.4, -0.2) is 76.9 Å². The number of ether oxygens (including phenoxy) is 5. The highest BCUT2D eigenvalue weighted by molar-refractivity contribution is 6.04. The molecule has 2 atom stereocenters. The van der Waals surface area contributed by atoms with Crippen molar-refractivity contribution in [2.75, 3.05) is 40.5 Å². The summed E-state index contributed by atoms with van der Waals surface area (Å²) in [5.41, 5.74) is 0.749. The molecule has 0 aliphatic carbocycles. The number of carbonyl (C=O) groups excluding carboxylic acids is 4. The molecule has 2 unspecified atom stereocenters. The van der Waals surface area contributed by atoms with Crippen LogP contribution < -0.4 is 10.6 Å². The summed E-state index contributed by atoms with van der Waals surface area (Å²) in [5.74, 6) is -1.53. The SMILES string of the molecule is CCNC(=O)OCC1=C(COC(=O)NCC)C2OC1C(C(=O)OC)=C2C(=O)OC. The lowest BCUT2D eigenvalue weighted by Crippen LogP contribution is -2.31. The van der Waals surface area contributed by atoms with Crippen LogP contribution in [0.1, 0.15) is 13.8 Å². The average Bonchev–Trinajstić information content (AvgIpc) is 3.25. The van der Waals surface area contributed by atoms with Crippen LogP contribution in [0.15, 0.2) is 22.3 Å². The maximum atomic E-state index is 12.3. The molecule has 0 radical (unpaired) electrons. The molecule has 29 heavy (non-hydrogen) atoms. The van der Waals surface area contributed by atoms with Crippen molar-refractivity contribution in [3.8, 4) is 0 Å². The van der Waals surface area contributed by atoms with Gasteiger partial charge in [0.1, 0.15) is 25.4 Å². The topological polar surface area (TPSA) is 138 Å². The van der Waals surface area contributed by atoms with Gasteiger partial charge in [0.05, 0.1) is 25.4 Å². The number of nitrogens with one attached hydrogen (secondary N) is 2. The number of fused-ring (bicyclic) bond motifs is 2. The Balaban J connectivity index is 2.34. The molecule has 0 fully saturated rings. The quantitative estimate of drug-likeness (QED) is 0.325. The first kappa shape index (κ1) is 22.2. The Kier molecular flexibility index (Phi) is 7.59. The van der Waals surface area contributed by atoms with Crippen LogP contribution in [0.3, 0.4) is 0 Å². The first-order valence-corrected chi connectivity index (χ1v) is 8.98. The van der Waals surface area contributed by atoms with Crippen molar-refractivity contribution in [2.45, 2.75) is 26.1 Å². The molecule has 2 N–H and O–H groups in total. The predicted octanol–water partition coefficient (Wildman–Crippen LogP) is 0.199. The van der Waals surface area contributed by atoms with E-state index in [1.54, 1.807) is 13.8 Å². The van der Waals surface area contributed by atoms with Crippen LogP contribution in [0.25, 0.3) is 0 Å². The molecule has 0 spiro atoms. The van der Waals surface area contributed by atoms with Gasteiger partial charge in [0, 0.05) is 24.2 Å². The summed E-state index contributed by atoms with van der Waals surface area (Å²) in [6.45, 7) is 3.74. The zero-order valence-corrected chi connectivity index (χ0v) is 16.7. The van der Waals surface area contributed by atoms with Crippen LogP contribution in [0.2, 0.25) is 0 Å². The molecule has 0 aromatic heterocycles. The molecule has 2 bridgehead atoms. The zero-order valence-electron chi connectivity index (χ0n) is 16.7. The fraction of sp³-hybridized carbons (Fsp3) is 0.556. The summed E-state index contributed by atoms with van der Waals surface area (Å²) in [6.07, 6.45) is -3.29. The van der Waals surface area contributed by atoms with Crippen molar-refractivity contribution >= 4 is 24.1 Å². The van der Waals surface area contributed by atoms with E-state index in [-0.39, 0.29) is 24.4 Å². The van der Waals surface area contributed by atoms with Crippen molar-refractivity contribution in [3.05, 3.63) is 22.3 Å². The second-order valence-electron chi connectivity index (χ2n) is 5.97. The first-order valence-electron chi connectivity index (χ1n) is 8.98. The Morgan fingerprint density at radius 2 is 1.17 bits per heavy atom. The molecule has 160 valence electrons. The van der Waals surface area contributed by atoms with Crippen LogP contribution in [0.5, 0.6) is 0 Å². The molecule has 11 nitrogen and oxygen atoms in total. The van der Waals surface area contributed by atoms with Gasteiger partial charge in [-0.3, -0.25) is 0 Å². The molecule has 2 heterocycles. The van der Waals surface area contributed by atoms with E-state index >= 15 is 0 Å². The largest absolute Gasteiger partial charge is 0.466 e. The smallest absolute Gasteiger partial charge is 0.407 e. The van der Waals surface area contributed by atoms with E-state index in [1.165, 1.54) is 14.2 Å². The average molecular weight is 412 g/mol. The van der Waals surface area contributed by atoms with Gasteiger partial charge in [0.25, 0.3) is 0 Å². The molecule has 2 aliphatic heterocycles. The first-order chi connectivity index (χ1) is 13.9. The maximum absolute atomic E-state index is 12.3. The number of amides is 2. The minimum atomic E-state index is -0.983. The molecule has 0 aromatic carbocycles. The van der Waals surface area contributed by atoms with E-state index in [0.717, 1.165) is 0 Å². The van der Waals surface area contributed by atoms with E-state index < -0.39 is 36.3 Å². The predicted molar refractivity (Wildman–Crippen MR) is 96.8 cm³/mol. The fourth-order valence-electron chi connectivity index (χ4n) is 3.07. The Morgan fingerprint density at radius 1 is 0.793 bits per heavy atom. The van der Waals surface area contributed by atoms with Crippen molar-refractivity contribution < 1.29 is 42.9 Å². The Bertz CT molecular complexity index is 696. The minimum Gasteiger partial charge on any atom is -0.466 e. The summed E-state index contributed by atoms with van der Waals surface area (Å²) in [6, 6.07) is 0. The molecular weight excluding hydrogens is 388 g/mol.